The van der Waals surface area contributed by atoms with Gasteiger partial charge >= 0.3 is 0 Å². The van der Waals surface area contributed by atoms with Gasteiger partial charge in [-0.2, -0.15) is 0 Å². The minimum Gasteiger partial charge on any atom is -0.389 e. The van der Waals surface area contributed by atoms with Crippen molar-refractivity contribution in [1.29, 1.82) is 0 Å². The summed E-state index contributed by atoms with van der Waals surface area (Å²) in [4.78, 5) is 2.05. The van der Waals surface area contributed by atoms with E-state index in [9.17, 15) is 10.2 Å². The van der Waals surface area contributed by atoms with Crippen LogP contribution in [0, 0.1) is 0 Å². The van der Waals surface area contributed by atoms with Crippen molar-refractivity contribution in [2.45, 2.75) is 18.8 Å². The normalized spacial score (nSPS) is 27.1. The lowest BCUT2D eigenvalue weighted by Crippen LogP contribution is -2.22. The molecule has 0 aliphatic carbocycles. The van der Waals surface area contributed by atoms with Gasteiger partial charge in [0.2, 0.25) is 0 Å². The van der Waals surface area contributed by atoms with Gasteiger partial charge in [0.25, 0.3) is 0 Å². The molecule has 0 unspecified atom stereocenters. The number of aliphatic hydroxyl groups is 2. The zero-order chi connectivity index (χ0) is 10.8. The average molecular weight is 272 g/mol. The van der Waals surface area contributed by atoms with Gasteiger partial charge in [-0.05, 0) is 17.7 Å². The Bertz CT molecular complexity index is 335. The van der Waals surface area contributed by atoms with E-state index in [1.54, 1.807) is 0 Å². The molecule has 1 aromatic carbocycles. The maximum Gasteiger partial charge on any atom is 0.0938 e. The Hall–Kier alpha value is -0.420. The molecule has 0 spiro atoms. The first kappa shape index (κ1) is 11.1. The maximum atomic E-state index is 9.40. The highest BCUT2D eigenvalue weighted by Gasteiger charge is 2.29. The number of likely N-dealkylation sites (tertiary alicyclic amines) is 1. The fourth-order valence-corrected chi connectivity index (χ4v) is 2.32. The Kier molecular flexibility index (Phi) is 3.41. The summed E-state index contributed by atoms with van der Waals surface area (Å²) in [5.74, 6) is 0. The van der Waals surface area contributed by atoms with Gasteiger partial charge in [0.1, 0.15) is 0 Å². The standard InChI is InChI=1S/C11H14BrNO2/c12-9-3-1-2-8(4-9)5-13-6-10(14)11(15)7-13/h1-4,10-11,14-15H,5-7H2/t10-,11+. The van der Waals surface area contributed by atoms with Gasteiger partial charge in [-0.3, -0.25) is 4.90 Å². The van der Waals surface area contributed by atoms with Crippen molar-refractivity contribution in [1.82, 2.24) is 4.90 Å². The zero-order valence-corrected chi connectivity index (χ0v) is 9.89. The van der Waals surface area contributed by atoms with Crippen LogP contribution in [0.5, 0.6) is 0 Å². The second-order valence-corrected chi connectivity index (χ2v) is 4.87. The summed E-state index contributed by atoms with van der Waals surface area (Å²) < 4.78 is 1.06. The highest BCUT2D eigenvalue weighted by atomic mass is 79.9. The van der Waals surface area contributed by atoms with E-state index in [1.807, 2.05) is 18.2 Å². The van der Waals surface area contributed by atoms with Crippen LogP contribution >= 0.6 is 15.9 Å². The number of rotatable bonds is 2. The lowest BCUT2D eigenvalue weighted by atomic mass is 10.2. The van der Waals surface area contributed by atoms with Crippen LogP contribution in [0.2, 0.25) is 0 Å². The van der Waals surface area contributed by atoms with Crippen molar-refractivity contribution < 1.29 is 10.2 Å². The molecule has 1 fully saturated rings. The van der Waals surface area contributed by atoms with Gasteiger partial charge in [0, 0.05) is 24.1 Å². The molecule has 4 heteroatoms. The summed E-state index contributed by atoms with van der Waals surface area (Å²) in [6.45, 7) is 1.87. The summed E-state index contributed by atoms with van der Waals surface area (Å²) >= 11 is 3.42. The smallest absolute Gasteiger partial charge is 0.0938 e. The van der Waals surface area contributed by atoms with Crippen molar-refractivity contribution in [3.05, 3.63) is 34.3 Å². The van der Waals surface area contributed by atoms with Crippen LogP contribution in [0.15, 0.2) is 28.7 Å². The molecule has 2 atom stereocenters. The largest absolute Gasteiger partial charge is 0.389 e. The molecular weight excluding hydrogens is 258 g/mol. The van der Waals surface area contributed by atoms with Gasteiger partial charge in [0.15, 0.2) is 0 Å². The van der Waals surface area contributed by atoms with Crippen LogP contribution < -0.4 is 0 Å². The maximum absolute atomic E-state index is 9.40. The van der Waals surface area contributed by atoms with Crippen LogP contribution in [0.3, 0.4) is 0 Å². The molecule has 0 amide bonds. The van der Waals surface area contributed by atoms with Gasteiger partial charge in [-0.15, -0.1) is 0 Å². The predicted molar refractivity (Wildman–Crippen MR) is 61.4 cm³/mol. The van der Waals surface area contributed by atoms with Crippen molar-refractivity contribution in [3.63, 3.8) is 0 Å². The third kappa shape index (κ3) is 2.78. The molecule has 0 aromatic heterocycles. The van der Waals surface area contributed by atoms with E-state index in [1.165, 1.54) is 5.56 Å². The molecule has 0 saturated carbocycles. The van der Waals surface area contributed by atoms with E-state index in [-0.39, 0.29) is 0 Å². The van der Waals surface area contributed by atoms with E-state index in [4.69, 9.17) is 0 Å². The number of hydrogen-bond acceptors (Lipinski definition) is 3. The third-order valence-electron chi connectivity index (χ3n) is 2.63. The molecular formula is C11H14BrNO2. The zero-order valence-electron chi connectivity index (χ0n) is 8.31. The van der Waals surface area contributed by atoms with E-state index in [2.05, 4.69) is 26.9 Å². The fraction of sp³-hybridized carbons (Fsp3) is 0.455. The minimum absolute atomic E-state index is 0.549. The van der Waals surface area contributed by atoms with E-state index >= 15 is 0 Å². The van der Waals surface area contributed by atoms with E-state index < -0.39 is 12.2 Å². The van der Waals surface area contributed by atoms with Crippen LogP contribution in [0.1, 0.15) is 5.56 Å². The van der Waals surface area contributed by atoms with Crippen LogP contribution in [0.25, 0.3) is 0 Å². The van der Waals surface area contributed by atoms with Crippen LogP contribution in [0.4, 0.5) is 0 Å². The number of benzene rings is 1. The summed E-state index contributed by atoms with van der Waals surface area (Å²) in [6.07, 6.45) is -1.20. The number of aliphatic hydroxyl groups excluding tert-OH is 2. The predicted octanol–water partition coefficient (Wildman–Crippen LogP) is 0.986. The first-order valence-corrected chi connectivity index (χ1v) is 5.77. The molecule has 0 radical (unpaired) electrons. The SMILES string of the molecule is O[C@@H]1CN(Cc2cccc(Br)c2)C[C@@H]1O. The van der Waals surface area contributed by atoms with Crippen molar-refractivity contribution in [2.75, 3.05) is 13.1 Å². The second-order valence-electron chi connectivity index (χ2n) is 3.96. The first-order chi connectivity index (χ1) is 7.15. The molecule has 3 nitrogen and oxygen atoms in total. The van der Waals surface area contributed by atoms with E-state index in [0.29, 0.717) is 13.1 Å². The Balaban J connectivity index is 1.98. The topological polar surface area (TPSA) is 43.7 Å². The lowest BCUT2D eigenvalue weighted by molar-refractivity contribution is 0.0572. The Labute approximate surface area is 97.5 Å². The number of hydrogen-bond donors (Lipinski definition) is 2. The molecule has 0 bridgehead atoms. The summed E-state index contributed by atoms with van der Waals surface area (Å²) in [7, 11) is 0. The first-order valence-electron chi connectivity index (χ1n) is 4.98. The molecule has 82 valence electrons. The highest BCUT2D eigenvalue weighted by Crippen LogP contribution is 2.17. The van der Waals surface area contributed by atoms with Crippen LogP contribution in [-0.4, -0.2) is 40.4 Å². The molecule has 1 heterocycles. The number of halogens is 1. The molecule has 1 aliphatic rings. The third-order valence-corrected chi connectivity index (χ3v) is 3.12. The average Bonchev–Trinajstić information content (AvgIpc) is 2.45. The number of nitrogens with zero attached hydrogens (tertiary/aromatic N) is 1. The Morgan fingerprint density at radius 2 is 1.93 bits per heavy atom. The summed E-state index contributed by atoms with van der Waals surface area (Å²) in [6, 6.07) is 8.07. The van der Waals surface area contributed by atoms with Crippen molar-refractivity contribution in [3.8, 4) is 0 Å². The Morgan fingerprint density at radius 3 is 2.53 bits per heavy atom. The second kappa shape index (κ2) is 4.61. The monoisotopic (exact) mass is 271 g/mol. The summed E-state index contributed by atoms with van der Waals surface area (Å²) in [5.41, 5.74) is 1.19. The molecule has 1 aliphatic heterocycles. The van der Waals surface area contributed by atoms with Crippen molar-refractivity contribution in [2.24, 2.45) is 0 Å². The molecule has 15 heavy (non-hydrogen) atoms. The van der Waals surface area contributed by atoms with Crippen LogP contribution in [-0.2, 0) is 6.54 Å². The molecule has 1 aromatic rings. The van der Waals surface area contributed by atoms with Gasteiger partial charge in [-0.25, -0.2) is 0 Å². The summed E-state index contributed by atoms with van der Waals surface area (Å²) in [5, 5.41) is 18.8. The Morgan fingerprint density at radius 1 is 1.27 bits per heavy atom. The van der Waals surface area contributed by atoms with Gasteiger partial charge < -0.3 is 10.2 Å². The van der Waals surface area contributed by atoms with E-state index in [0.717, 1.165) is 11.0 Å². The molecule has 2 rings (SSSR count). The quantitative estimate of drug-likeness (QED) is 0.843. The van der Waals surface area contributed by atoms with Crippen molar-refractivity contribution >= 4 is 15.9 Å². The highest BCUT2D eigenvalue weighted by molar-refractivity contribution is 9.10. The number of β-amino-alcohol motifs (C(OH)–C–C–N with tert-alkyl or cyclic N) is 2. The van der Waals surface area contributed by atoms with Gasteiger partial charge in [-0.1, -0.05) is 28.1 Å². The molecule has 2 N–H and O–H groups in total. The fourth-order valence-electron chi connectivity index (χ4n) is 1.87. The lowest BCUT2D eigenvalue weighted by Gasteiger charge is -2.14. The minimum atomic E-state index is -0.600. The van der Waals surface area contributed by atoms with Gasteiger partial charge in [0.05, 0.1) is 12.2 Å². The molecule has 1 saturated heterocycles.